The number of aliphatic imine (C=N–C) groups is 1. The van der Waals surface area contributed by atoms with Gasteiger partial charge in [0.2, 0.25) is 0 Å². The summed E-state index contributed by atoms with van der Waals surface area (Å²) in [6.07, 6.45) is 3.26. The highest BCUT2D eigenvalue weighted by Crippen LogP contribution is 2.29. The first-order chi connectivity index (χ1) is 13.6. The summed E-state index contributed by atoms with van der Waals surface area (Å²) in [5.74, 6) is 0.879. The molecule has 1 heterocycles. The van der Waals surface area contributed by atoms with Crippen LogP contribution in [0.4, 0.5) is 8.78 Å². The molecule has 2 rings (SSSR count). The summed E-state index contributed by atoms with van der Waals surface area (Å²) in [6, 6.07) is 4.89. The Morgan fingerprint density at radius 1 is 1.31 bits per heavy atom. The normalized spacial score (nSPS) is 16.4. The molecular formula is C19H30F2IN3O4. The molecule has 0 radical (unpaired) electrons. The van der Waals surface area contributed by atoms with Crippen molar-refractivity contribution >= 4 is 29.9 Å². The Morgan fingerprint density at radius 2 is 2.14 bits per heavy atom. The summed E-state index contributed by atoms with van der Waals surface area (Å²) in [6.45, 7) is 0.326. The Kier molecular flexibility index (Phi) is 12.9. The number of hydrogen-bond donors (Lipinski definition) is 2. The highest BCUT2D eigenvalue weighted by atomic mass is 127. The molecule has 0 saturated carbocycles. The van der Waals surface area contributed by atoms with E-state index in [1.807, 2.05) is 0 Å². The van der Waals surface area contributed by atoms with E-state index in [0.29, 0.717) is 32.3 Å². The molecule has 1 unspecified atom stereocenters. The molecule has 10 heteroatoms. The van der Waals surface area contributed by atoms with Gasteiger partial charge in [0.25, 0.3) is 0 Å². The number of halogens is 3. The van der Waals surface area contributed by atoms with Crippen LogP contribution in [-0.2, 0) is 16.0 Å². The van der Waals surface area contributed by atoms with Gasteiger partial charge in [0.1, 0.15) is 0 Å². The van der Waals surface area contributed by atoms with Gasteiger partial charge in [-0.15, -0.1) is 24.0 Å². The van der Waals surface area contributed by atoms with Crippen LogP contribution in [0.3, 0.4) is 0 Å². The number of rotatable bonds is 11. The minimum atomic E-state index is -2.91. The highest BCUT2D eigenvalue weighted by molar-refractivity contribution is 14.0. The van der Waals surface area contributed by atoms with E-state index in [9.17, 15) is 8.78 Å². The fraction of sp³-hybridized carbons (Fsp3) is 0.632. The third-order valence-electron chi connectivity index (χ3n) is 4.21. The lowest BCUT2D eigenvalue weighted by molar-refractivity contribution is -0.0512. The van der Waals surface area contributed by atoms with E-state index in [4.69, 9.17) is 14.2 Å². The second-order valence-corrected chi connectivity index (χ2v) is 6.28. The average molecular weight is 529 g/mol. The summed E-state index contributed by atoms with van der Waals surface area (Å²) in [4.78, 5) is 4.15. The first-order valence-corrected chi connectivity index (χ1v) is 9.38. The first-order valence-electron chi connectivity index (χ1n) is 9.38. The molecule has 1 aromatic carbocycles. The van der Waals surface area contributed by atoms with E-state index in [0.717, 1.165) is 31.4 Å². The second-order valence-electron chi connectivity index (χ2n) is 6.28. The maximum atomic E-state index is 12.5. The standard InChI is InChI=1S/C19H29F2N3O4.HI/c1-22-19(23-8-4-9-26-13-15-5-3-10-27-15)24-12-14-6-7-16(25-2)17(11-14)28-18(20)21;/h6-7,11,15,18H,3-5,8-10,12-13H2,1-2H3,(H2,22,23,24);1H. The molecule has 166 valence electrons. The third kappa shape index (κ3) is 9.77. The van der Waals surface area contributed by atoms with Crippen LogP contribution in [0.5, 0.6) is 11.5 Å². The van der Waals surface area contributed by atoms with Crippen molar-refractivity contribution in [3.8, 4) is 11.5 Å². The van der Waals surface area contributed by atoms with Crippen LogP contribution in [0.25, 0.3) is 0 Å². The van der Waals surface area contributed by atoms with Crippen molar-refractivity contribution < 1.29 is 27.7 Å². The van der Waals surface area contributed by atoms with Crippen LogP contribution in [0.15, 0.2) is 23.2 Å². The van der Waals surface area contributed by atoms with Crippen molar-refractivity contribution in [3.05, 3.63) is 23.8 Å². The van der Waals surface area contributed by atoms with Gasteiger partial charge < -0.3 is 29.6 Å². The number of hydrogen-bond acceptors (Lipinski definition) is 5. The number of nitrogens with one attached hydrogen (secondary N) is 2. The molecule has 0 aromatic heterocycles. The van der Waals surface area contributed by atoms with Gasteiger partial charge in [0.15, 0.2) is 17.5 Å². The molecule has 1 aliphatic heterocycles. The Balaban J connectivity index is 0.00000420. The predicted octanol–water partition coefficient (Wildman–Crippen LogP) is 3.17. The van der Waals surface area contributed by atoms with Crippen molar-refractivity contribution in [2.75, 3.05) is 40.5 Å². The maximum Gasteiger partial charge on any atom is 0.387 e. The summed E-state index contributed by atoms with van der Waals surface area (Å²) in [7, 11) is 3.07. The predicted molar refractivity (Wildman–Crippen MR) is 118 cm³/mol. The Hall–Kier alpha value is -1.40. The largest absolute Gasteiger partial charge is 0.493 e. The highest BCUT2D eigenvalue weighted by Gasteiger charge is 2.15. The second kappa shape index (κ2) is 14.6. The van der Waals surface area contributed by atoms with Crippen molar-refractivity contribution in [2.45, 2.75) is 38.5 Å². The van der Waals surface area contributed by atoms with Crippen LogP contribution in [0.2, 0.25) is 0 Å². The zero-order valence-corrected chi connectivity index (χ0v) is 19.1. The van der Waals surface area contributed by atoms with Crippen LogP contribution >= 0.6 is 24.0 Å². The summed E-state index contributed by atoms with van der Waals surface area (Å²) >= 11 is 0. The van der Waals surface area contributed by atoms with Crippen molar-refractivity contribution in [3.63, 3.8) is 0 Å². The number of nitrogens with zero attached hydrogens (tertiary/aromatic N) is 1. The van der Waals surface area contributed by atoms with E-state index in [1.165, 1.54) is 13.2 Å². The summed E-state index contributed by atoms with van der Waals surface area (Å²) in [5, 5.41) is 6.32. The lowest BCUT2D eigenvalue weighted by Gasteiger charge is -2.14. The van der Waals surface area contributed by atoms with E-state index in [1.54, 1.807) is 19.2 Å². The van der Waals surface area contributed by atoms with Gasteiger partial charge in [-0.25, -0.2) is 0 Å². The number of alkyl halides is 2. The molecule has 2 N–H and O–H groups in total. The van der Waals surface area contributed by atoms with Gasteiger partial charge in [-0.1, -0.05) is 6.07 Å². The van der Waals surface area contributed by atoms with Gasteiger partial charge in [0.05, 0.1) is 19.8 Å². The molecule has 0 spiro atoms. The minimum absolute atomic E-state index is 0. The molecule has 1 aliphatic rings. The molecule has 1 aromatic rings. The SMILES string of the molecule is CN=C(NCCCOCC1CCCO1)NCc1ccc(OC)c(OC(F)F)c1.I. The van der Waals surface area contributed by atoms with Crippen LogP contribution in [-0.4, -0.2) is 59.2 Å². The molecule has 7 nitrogen and oxygen atoms in total. The molecule has 0 amide bonds. The van der Waals surface area contributed by atoms with Crippen molar-refractivity contribution in [1.82, 2.24) is 10.6 Å². The summed E-state index contributed by atoms with van der Waals surface area (Å²) < 4.78 is 45.7. The molecule has 0 aliphatic carbocycles. The van der Waals surface area contributed by atoms with E-state index >= 15 is 0 Å². The van der Waals surface area contributed by atoms with E-state index in [2.05, 4.69) is 20.4 Å². The Bertz CT molecular complexity index is 617. The zero-order chi connectivity index (χ0) is 20.2. The molecular weight excluding hydrogens is 499 g/mol. The fourth-order valence-corrected chi connectivity index (χ4v) is 2.80. The van der Waals surface area contributed by atoms with Crippen LogP contribution in [0, 0.1) is 0 Å². The summed E-state index contributed by atoms with van der Waals surface area (Å²) in [5.41, 5.74) is 0.763. The molecule has 1 fully saturated rings. The monoisotopic (exact) mass is 529 g/mol. The topological polar surface area (TPSA) is 73.3 Å². The fourth-order valence-electron chi connectivity index (χ4n) is 2.80. The Morgan fingerprint density at radius 3 is 2.79 bits per heavy atom. The van der Waals surface area contributed by atoms with Crippen molar-refractivity contribution in [1.29, 1.82) is 0 Å². The smallest absolute Gasteiger partial charge is 0.387 e. The molecule has 29 heavy (non-hydrogen) atoms. The molecule has 1 atom stereocenters. The van der Waals surface area contributed by atoms with E-state index in [-0.39, 0.29) is 41.6 Å². The van der Waals surface area contributed by atoms with E-state index < -0.39 is 6.61 Å². The molecule has 0 bridgehead atoms. The quantitative estimate of drug-likeness (QED) is 0.199. The number of benzene rings is 1. The number of ether oxygens (including phenoxy) is 4. The first kappa shape index (κ1) is 25.6. The number of guanidine groups is 1. The third-order valence-corrected chi connectivity index (χ3v) is 4.21. The lowest BCUT2D eigenvalue weighted by Crippen LogP contribution is -2.37. The van der Waals surface area contributed by atoms with Gasteiger partial charge in [-0.3, -0.25) is 4.99 Å². The number of methoxy groups -OCH3 is 1. The average Bonchev–Trinajstić information content (AvgIpc) is 3.20. The van der Waals surface area contributed by atoms with Gasteiger partial charge in [-0.2, -0.15) is 8.78 Å². The van der Waals surface area contributed by atoms with Gasteiger partial charge >= 0.3 is 6.61 Å². The van der Waals surface area contributed by atoms with Gasteiger partial charge in [-0.05, 0) is 37.0 Å². The lowest BCUT2D eigenvalue weighted by atomic mass is 10.2. The zero-order valence-electron chi connectivity index (χ0n) is 16.8. The maximum absolute atomic E-state index is 12.5. The van der Waals surface area contributed by atoms with Crippen molar-refractivity contribution in [2.24, 2.45) is 4.99 Å². The molecule has 1 saturated heterocycles. The Labute approximate surface area is 187 Å². The minimum Gasteiger partial charge on any atom is -0.493 e. The van der Waals surface area contributed by atoms with Gasteiger partial charge in [0, 0.05) is 33.4 Å². The van der Waals surface area contributed by atoms with Crippen LogP contribution < -0.4 is 20.1 Å². The van der Waals surface area contributed by atoms with Crippen LogP contribution in [0.1, 0.15) is 24.8 Å².